The third-order valence-electron chi connectivity index (χ3n) is 3.17. The Balaban J connectivity index is 1.92. The van der Waals surface area contributed by atoms with Crippen molar-refractivity contribution >= 4 is 11.8 Å². The van der Waals surface area contributed by atoms with Gasteiger partial charge in [0, 0.05) is 24.0 Å². The normalized spacial score (nSPS) is 21.8. The van der Waals surface area contributed by atoms with Gasteiger partial charge in [0.1, 0.15) is 6.10 Å². The summed E-state index contributed by atoms with van der Waals surface area (Å²) >= 11 is 1.87. The van der Waals surface area contributed by atoms with Gasteiger partial charge in [-0.2, -0.15) is 16.7 Å². The van der Waals surface area contributed by atoms with E-state index in [2.05, 4.69) is 29.3 Å². The molecule has 1 aromatic rings. The van der Waals surface area contributed by atoms with Gasteiger partial charge >= 0.3 is 0 Å². The van der Waals surface area contributed by atoms with Gasteiger partial charge in [0.15, 0.2) is 0 Å². The summed E-state index contributed by atoms with van der Waals surface area (Å²) in [6.07, 6.45) is 1.88. The third kappa shape index (κ3) is 4.47. The molecule has 1 aliphatic rings. The molecule has 0 aliphatic carbocycles. The maximum absolute atomic E-state index is 5.65. The first kappa shape index (κ1) is 14.8. The fraction of sp³-hybridized carbons (Fsp3) is 0.846. The average Bonchev–Trinajstić information content (AvgIpc) is 2.87. The van der Waals surface area contributed by atoms with Gasteiger partial charge < -0.3 is 14.6 Å². The van der Waals surface area contributed by atoms with Crippen LogP contribution in [0.15, 0.2) is 4.52 Å². The Morgan fingerprint density at radius 2 is 2.32 bits per heavy atom. The number of hydrogen-bond acceptors (Lipinski definition) is 6. The number of ether oxygens (including phenoxy) is 1. The lowest BCUT2D eigenvalue weighted by Gasteiger charge is -2.18. The molecule has 108 valence electrons. The molecule has 0 spiro atoms. The van der Waals surface area contributed by atoms with Gasteiger partial charge in [0.2, 0.25) is 11.7 Å². The van der Waals surface area contributed by atoms with Crippen molar-refractivity contribution in [2.24, 2.45) is 5.92 Å². The monoisotopic (exact) mass is 285 g/mol. The fourth-order valence-corrected chi connectivity index (χ4v) is 3.04. The lowest BCUT2D eigenvalue weighted by Crippen LogP contribution is -2.29. The molecule has 1 saturated heterocycles. The van der Waals surface area contributed by atoms with Crippen LogP contribution in [0.1, 0.15) is 38.1 Å². The standard InChI is InChI=1S/C13H23N3O2S/c1-9(2)6-10(14-3)7-12-15-13(16-18-12)11-8-19-5-4-17-11/h9-11,14H,4-8H2,1-3H3. The van der Waals surface area contributed by atoms with Crippen LogP contribution in [0.4, 0.5) is 0 Å². The van der Waals surface area contributed by atoms with Gasteiger partial charge in [-0.15, -0.1) is 0 Å². The summed E-state index contributed by atoms with van der Waals surface area (Å²) in [5, 5.41) is 7.36. The van der Waals surface area contributed by atoms with Crippen LogP contribution in [0.3, 0.4) is 0 Å². The van der Waals surface area contributed by atoms with Crippen molar-refractivity contribution in [3.05, 3.63) is 11.7 Å². The van der Waals surface area contributed by atoms with E-state index in [1.165, 1.54) is 0 Å². The fourth-order valence-electron chi connectivity index (χ4n) is 2.20. The van der Waals surface area contributed by atoms with Crippen LogP contribution >= 0.6 is 11.8 Å². The number of rotatable bonds is 6. The maximum Gasteiger partial charge on any atom is 0.228 e. The van der Waals surface area contributed by atoms with Crippen molar-refractivity contribution in [3.63, 3.8) is 0 Å². The molecule has 5 nitrogen and oxygen atoms in total. The third-order valence-corrected chi connectivity index (χ3v) is 4.17. The quantitative estimate of drug-likeness (QED) is 0.863. The Morgan fingerprint density at radius 3 is 2.95 bits per heavy atom. The molecule has 0 radical (unpaired) electrons. The Hall–Kier alpha value is -0.590. The minimum atomic E-state index is -0.00520. The van der Waals surface area contributed by atoms with Crippen LogP contribution in [0.5, 0.6) is 0 Å². The molecule has 19 heavy (non-hydrogen) atoms. The summed E-state index contributed by atoms with van der Waals surface area (Å²) in [5.74, 6) is 4.02. The molecule has 2 atom stereocenters. The van der Waals surface area contributed by atoms with E-state index in [-0.39, 0.29) is 6.10 Å². The van der Waals surface area contributed by atoms with Crippen molar-refractivity contribution in [1.29, 1.82) is 0 Å². The zero-order valence-corrected chi connectivity index (χ0v) is 12.7. The molecule has 0 bridgehead atoms. The van der Waals surface area contributed by atoms with Crippen LogP contribution < -0.4 is 5.32 Å². The van der Waals surface area contributed by atoms with Crippen LogP contribution in [0, 0.1) is 5.92 Å². The average molecular weight is 285 g/mol. The summed E-state index contributed by atoms with van der Waals surface area (Å²) in [4.78, 5) is 4.47. The molecule has 1 fully saturated rings. The SMILES string of the molecule is CNC(Cc1nc(C2CSCCO2)no1)CC(C)C. The van der Waals surface area contributed by atoms with Gasteiger partial charge in [-0.1, -0.05) is 19.0 Å². The highest BCUT2D eigenvalue weighted by Crippen LogP contribution is 2.24. The smallest absolute Gasteiger partial charge is 0.228 e. The van der Waals surface area contributed by atoms with Crippen molar-refractivity contribution < 1.29 is 9.26 Å². The van der Waals surface area contributed by atoms with Gasteiger partial charge in [-0.3, -0.25) is 0 Å². The second-order valence-electron chi connectivity index (χ2n) is 5.30. The highest BCUT2D eigenvalue weighted by Gasteiger charge is 2.23. The van der Waals surface area contributed by atoms with Crippen LogP contribution in [0.25, 0.3) is 0 Å². The molecule has 6 heteroatoms. The molecule has 0 amide bonds. The van der Waals surface area contributed by atoms with E-state index < -0.39 is 0 Å². The lowest BCUT2D eigenvalue weighted by molar-refractivity contribution is 0.0677. The van der Waals surface area contributed by atoms with Gasteiger partial charge in [-0.05, 0) is 19.4 Å². The number of aromatic nitrogens is 2. The minimum Gasteiger partial charge on any atom is -0.368 e. The maximum atomic E-state index is 5.65. The number of likely N-dealkylation sites (N-methyl/N-ethyl adjacent to an activating group) is 1. The predicted octanol–water partition coefficient (Wildman–Crippen LogP) is 2.05. The minimum absolute atomic E-state index is 0.00520. The number of thioether (sulfide) groups is 1. The molecular formula is C13H23N3O2S. The van der Waals surface area contributed by atoms with Gasteiger partial charge in [0.25, 0.3) is 0 Å². The van der Waals surface area contributed by atoms with E-state index in [1.807, 2.05) is 18.8 Å². The van der Waals surface area contributed by atoms with Crippen LogP contribution in [-0.4, -0.2) is 41.3 Å². The summed E-state index contributed by atoms with van der Waals surface area (Å²) in [7, 11) is 1.98. The van der Waals surface area contributed by atoms with Crippen molar-refractivity contribution in [2.75, 3.05) is 25.2 Å². The summed E-state index contributed by atoms with van der Waals surface area (Å²) in [5.41, 5.74) is 0. The lowest BCUT2D eigenvalue weighted by atomic mass is 10.0. The summed E-state index contributed by atoms with van der Waals surface area (Å²) in [6, 6.07) is 0.384. The van der Waals surface area contributed by atoms with E-state index in [0.717, 1.165) is 31.0 Å². The number of nitrogens with one attached hydrogen (secondary N) is 1. The van der Waals surface area contributed by atoms with E-state index >= 15 is 0 Å². The molecular weight excluding hydrogens is 262 g/mol. The molecule has 2 heterocycles. The Bertz CT molecular complexity index is 378. The molecule has 0 aromatic carbocycles. The number of nitrogens with zero attached hydrogens (tertiary/aromatic N) is 2. The first-order chi connectivity index (χ1) is 9.19. The van der Waals surface area contributed by atoms with E-state index in [1.54, 1.807) is 0 Å². The zero-order valence-electron chi connectivity index (χ0n) is 11.9. The van der Waals surface area contributed by atoms with E-state index in [9.17, 15) is 0 Å². The highest BCUT2D eigenvalue weighted by molar-refractivity contribution is 7.99. The Kier molecular flexibility index (Phi) is 5.66. The molecule has 2 rings (SSSR count). The molecule has 1 aliphatic heterocycles. The van der Waals surface area contributed by atoms with E-state index in [0.29, 0.717) is 23.7 Å². The molecule has 1 aromatic heterocycles. The summed E-state index contributed by atoms with van der Waals surface area (Å²) in [6.45, 7) is 5.21. The zero-order chi connectivity index (χ0) is 13.7. The first-order valence-electron chi connectivity index (χ1n) is 6.88. The number of hydrogen-bond donors (Lipinski definition) is 1. The second-order valence-corrected chi connectivity index (χ2v) is 6.45. The predicted molar refractivity (Wildman–Crippen MR) is 76.3 cm³/mol. The van der Waals surface area contributed by atoms with Crippen molar-refractivity contribution in [3.8, 4) is 0 Å². The van der Waals surface area contributed by atoms with Crippen LogP contribution in [-0.2, 0) is 11.2 Å². The van der Waals surface area contributed by atoms with Crippen LogP contribution in [0.2, 0.25) is 0 Å². The topological polar surface area (TPSA) is 60.2 Å². The Morgan fingerprint density at radius 1 is 1.47 bits per heavy atom. The first-order valence-corrected chi connectivity index (χ1v) is 8.03. The van der Waals surface area contributed by atoms with Gasteiger partial charge in [-0.25, -0.2) is 0 Å². The van der Waals surface area contributed by atoms with Gasteiger partial charge in [0.05, 0.1) is 6.61 Å². The highest BCUT2D eigenvalue weighted by atomic mass is 32.2. The van der Waals surface area contributed by atoms with Crippen molar-refractivity contribution in [2.45, 2.75) is 38.8 Å². The largest absolute Gasteiger partial charge is 0.368 e. The second kappa shape index (κ2) is 7.26. The summed E-state index contributed by atoms with van der Waals surface area (Å²) < 4.78 is 11.0. The van der Waals surface area contributed by atoms with E-state index in [4.69, 9.17) is 9.26 Å². The molecule has 0 saturated carbocycles. The Labute approximate surface area is 118 Å². The molecule has 2 unspecified atom stereocenters. The van der Waals surface area contributed by atoms with Crippen molar-refractivity contribution in [1.82, 2.24) is 15.5 Å². The molecule has 1 N–H and O–H groups in total.